The average molecular weight is 152 g/mol. The molecule has 0 aliphatic heterocycles. The largest absolute Gasteiger partial charge is 0.0828 e. The highest BCUT2D eigenvalue weighted by Gasteiger charge is 2.28. The minimum Gasteiger partial charge on any atom is -0.0828 e. The molecule has 1 aliphatic rings. The van der Waals surface area contributed by atoms with E-state index in [1.165, 1.54) is 18.4 Å². The first-order valence-corrected chi connectivity index (χ1v) is 4.74. The first-order valence-electron chi connectivity index (χ1n) is 4.74. The lowest BCUT2D eigenvalue weighted by Crippen LogP contribution is -2.26. The van der Waals surface area contributed by atoms with Gasteiger partial charge in [0.1, 0.15) is 0 Å². The lowest BCUT2D eigenvalue weighted by Gasteiger charge is -2.36. The summed E-state index contributed by atoms with van der Waals surface area (Å²) in [5.74, 6) is 2.80. The number of hydrogen-bond donors (Lipinski definition) is 0. The van der Waals surface area contributed by atoms with Crippen LogP contribution in [0.15, 0.2) is 11.6 Å². The van der Waals surface area contributed by atoms with E-state index in [-0.39, 0.29) is 0 Å². The lowest BCUT2D eigenvalue weighted by atomic mass is 9.70. The summed E-state index contributed by atoms with van der Waals surface area (Å²) in [6.07, 6.45) is 5.31. The summed E-state index contributed by atoms with van der Waals surface area (Å²) < 4.78 is 0. The minimum absolute atomic E-state index is 0.816. The highest BCUT2D eigenvalue weighted by molar-refractivity contribution is 4.99. The molecule has 11 heavy (non-hydrogen) atoms. The molecule has 0 amide bonds. The Morgan fingerprint density at radius 1 is 1.36 bits per heavy atom. The molecule has 1 rings (SSSR count). The van der Waals surface area contributed by atoms with Crippen molar-refractivity contribution in [1.82, 2.24) is 0 Å². The fourth-order valence-electron chi connectivity index (χ4n) is 2.06. The summed E-state index contributed by atoms with van der Waals surface area (Å²) in [5, 5.41) is 0. The third-order valence-corrected chi connectivity index (χ3v) is 2.75. The van der Waals surface area contributed by atoms with Gasteiger partial charge in [-0.25, -0.2) is 0 Å². The summed E-state index contributed by atoms with van der Waals surface area (Å²) in [4.78, 5) is 0. The molecule has 0 aromatic rings. The molecule has 0 aromatic heterocycles. The van der Waals surface area contributed by atoms with Gasteiger partial charge in [0.2, 0.25) is 0 Å². The van der Waals surface area contributed by atoms with Crippen molar-refractivity contribution in [2.24, 2.45) is 17.8 Å². The molecule has 0 spiro atoms. The van der Waals surface area contributed by atoms with Gasteiger partial charge in [-0.05, 0) is 44.4 Å². The highest BCUT2D eigenvalue weighted by atomic mass is 14.3. The molecular weight excluding hydrogens is 132 g/mol. The summed E-state index contributed by atoms with van der Waals surface area (Å²) in [6.45, 7) is 9.09. The second-order valence-corrected chi connectivity index (χ2v) is 4.44. The van der Waals surface area contributed by atoms with Crippen LogP contribution in [0.2, 0.25) is 0 Å². The zero-order valence-corrected chi connectivity index (χ0v) is 8.22. The molecule has 0 N–H and O–H groups in total. The van der Waals surface area contributed by atoms with Gasteiger partial charge in [-0.2, -0.15) is 0 Å². The molecule has 0 nitrogen and oxygen atoms in total. The van der Waals surface area contributed by atoms with Gasteiger partial charge in [-0.15, -0.1) is 0 Å². The van der Waals surface area contributed by atoms with Crippen molar-refractivity contribution in [3.05, 3.63) is 11.6 Å². The first-order chi connectivity index (χ1) is 5.09. The number of hydrogen-bond acceptors (Lipinski definition) is 0. The van der Waals surface area contributed by atoms with Crippen LogP contribution in [0, 0.1) is 17.8 Å². The Balaban J connectivity index is 2.32. The molecule has 64 valence electrons. The van der Waals surface area contributed by atoms with Gasteiger partial charge in [0.05, 0.1) is 0 Å². The van der Waals surface area contributed by atoms with Gasteiger partial charge in [-0.3, -0.25) is 0 Å². The fourth-order valence-corrected chi connectivity index (χ4v) is 2.06. The van der Waals surface area contributed by atoms with Crippen molar-refractivity contribution in [3.63, 3.8) is 0 Å². The van der Waals surface area contributed by atoms with Crippen LogP contribution in [0.5, 0.6) is 0 Å². The Morgan fingerprint density at radius 3 is 2.27 bits per heavy atom. The van der Waals surface area contributed by atoms with Gasteiger partial charge in [-0.1, -0.05) is 25.5 Å². The molecule has 0 heteroatoms. The second-order valence-electron chi connectivity index (χ2n) is 4.44. The minimum atomic E-state index is 0.816. The molecule has 1 saturated carbocycles. The summed E-state index contributed by atoms with van der Waals surface area (Å²) >= 11 is 0. The van der Waals surface area contributed by atoms with E-state index in [2.05, 4.69) is 33.8 Å². The van der Waals surface area contributed by atoms with E-state index in [1.807, 2.05) is 0 Å². The van der Waals surface area contributed by atoms with Crippen molar-refractivity contribution < 1.29 is 0 Å². The average Bonchev–Trinajstić information content (AvgIpc) is 1.79. The Kier molecular flexibility index (Phi) is 2.75. The molecule has 0 saturated heterocycles. The van der Waals surface area contributed by atoms with Crippen LogP contribution < -0.4 is 0 Å². The van der Waals surface area contributed by atoms with Crippen LogP contribution in [0.1, 0.15) is 40.5 Å². The third-order valence-electron chi connectivity index (χ3n) is 2.75. The second kappa shape index (κ2) is 3.42. The maximum atomic E-state index is 2.41. The maximum absolute atomic E-state index is 2.41. The number of allylic oxidation sites excluding steroid dienone is 2. The fraction of sp³-hybridized carbons (Fsp3) is 0.818. The van der Waals surface area contributed by atoms with E-state index in [9.17, 15) is 0 Å². The lowest BCUT2D eigenvalue weighted by molar-refractivity contribution is 0.170. The van der Waals surface area contributed by atoms with Crippen LogP contribution in [-0.2, 0) is 0 Å². The zero-order valence-electron chi connectivity index (χ0n) is 8.22. The van der Waals surface area contributed by atoms with Crippen molar-refractivity contribution in [1.29, 1.82) is 0 Å². The van der Waals surface area contributed by atoms with Gasteiger partial charge >= 0.3 is 0 Å². The molecular formula is C11H20. The normalized spacial score (nSPS) is 32.4. The predicted molar refractivity (Wildman–Crippen MR) is 50.5 cm³/mol. The van der Waals surface area contributed by atoms with Crippen LogP contribution in [0.3, 0.4) is 0 Å². The molecule has 0 heterocycles. The summed E-state index contributed by atoms with van der Waals surface area (Å²) in [7, 11) is 0. The summed E-state index contributed by atoms with van der Waals surface area (Å²) in [6, 6.07) is 0. The van der Waals surface area contributed by atoms with Crippen molar-refractivity contribution in [2.45, 2.75) is 40.5 Å². The molecule has 1 unspecified atom stereocenters. The molecule has 1 atom stereocenters. The highest BCUT2D eigenvalue weighted by Crippen LogP contribution is 2.39. The van der Waals surface area contributed by atoms with E-state index in [1.54, 1.807) is 0 Å². The van der Waals surface area contributed by atoms with Crippen LogP contribution >= 0.6 is 0 Å². The quantitative estimate of drug-likeness (QED) is 0.530. The topological polar surface area (TPSA) is 0 Å². The molecule has 0 radical (unpaired) electrons. The van der Waals surface area contributed by atoms with E-state index in [4.69, 9.17) is 0 Å². The van der Waals surface area contributed by atoms with E-state index in [0.29, 0.717) is 0 Å². The first kappa shape index (κ1) is 8.83. The van der Waals surface area contributed by atoms with Crippen LogP contribution in [0.25, 0.3) is 0 Å². The Morgan fingerprint density at radius 2 is 1.91 bits per heavy atom. The van der Waals surface area contributed by atoms with Gasteiger partial charge in [0, 0.05) is 0 Å². The Hall–Kier alpha value is -0.260. The van der Waals surface area contributed by atoms with Gasteiger partial charge in [0.15, 0.2) is 0 Å². The number of rotatable bonds is 2. The van der Waals surface area contributed by atoms with E-state index in [0.717, 1.165) is 17.8 Å². The predicted octanol–water partition coefficient (Wildman–Crippen LogP) is 3.63. The standard InChI is InChI=1S/C11H20/c1-8(2)5-10(4)11-6-9(3)7-11/h5,9-11H,6-7H2,1-4H3. The Labute approximate surface area is 70.7 Å². The third kappa shape index (κ3) is 2.36. The SMILES string of the molecule is CC(C)=CC(C)C1CC(C)C1. The maximum Gasteiger partial charge on any atom is -0.0231 e. The van der Waals surface area contributed by atoms with Gasteiger partial charge in [0.25, 0.3) is 0 Å². The summed E-state index contributed by atoms with van der Waals surface area (Å²) in [5.41, 5.74) is 1.47. The van der Waals surface area contributed by atoms with E-state index >= 15 is 0 Å². The van der Waals surface area contributed by atoms with E-state index < -0.39 is 0 Å². The monoisotopic (exact) mass is 152 g/mol. The van der Waals surface area contributed by atoms with Gasteiger partial charge < -0.3 is 0 Å². The smallest absolute Gasteiger partial charge is 0.0231 e. The zero-order chi connectivity index (χ0) is 8.43. The molecule has 1 fully saturated rings. The molecule has 1 aliphatic carbocycles. The van der Waals surface area contributed by atoms with Crippen molar-refractivity contribution >= 4 is 0 Å². The van der Waals surface area contributed by atoms with Crippen LogP contribution in [-0.4, -0.2) is 0 Å². The Bertz CT molecular complexity index is 145. The van der Waals surface area contributed by atoms with Crippen molar-refractivity contribution in [3.8, 4) is 0 Å². The molecule has 0 aromatic carbocycles. The van der Waals surface area contributed by atoms with Crippen molar-refractivity contribution in [2.75, 3.05) is 0 Å². The van der Waals surface area contributed by atoms with Crippen LogP contribution in [0.4, 0.5) is 0 Å². The molecule has 0 bridgehead atoms.